The molecule has 1 atom stereocenters. The molecule has 0 aliphatic heterocycles. The maximum Gasteiger partial charge on any atom is 0.343 e. The number of benzene rings is 3. The minimum absolute atomic E-state index is 0.261. The molecule has 8 nitrogen and oxygen atoms in total. The Morgan fingerprint density at radius 2 is 1.80 bits per heavy atom. The van der Waals surface area contributed by atoms with Gasteiger partial charge in [-0.05, 0) is 80.1 Å². The van der Waals surface area contributed by atoms with Crippen LogP contribution in [0.1, 0.15) is 29.8 Å². The Hall–Kier alpha value is -4.04. The van der Waals surface area contributed by atoms with E-state index in [2.05, 4.69) is 10.5 Å². The van der Waals surface area contributed by atoms with Gasteiger partial charge in [-0.1, -0.05) is 17.7 Å². The molecule has 1 N–H and O–H groups in total. The van der Waals surface area contributed by atoms with Crippen molar-refractivity contribution in [1.29, 1.82) is 0 Å². The Bertz CT molecular complexity index is 1200. The molecule has 0 aliphatic carbocycles. The molecule has 3 aromatic rings. The topological polar surface area (TPSA) is 95.5 Å². The van der Waals surface area contributed by atoms with Crippen LogP contribution < -0.4 is 24.4 Å². The lowest BCUT2D eigenvalue weighted by Crippen LogP contribution is -2.33. The summed E-state index contributed by atoms with van der Waals surface area (Å²) in [6.45, 7) is 3.78. The third-order valence-corrected chi connectivity index (χ3v) is 4.90. The fraction of sp³-hybridized carbons (Fsp3) is 0.192. The minimum Gasteiger partial charge on any atom is -0.497 e. The molecule has 3 aromatic carbocycles. The second kappa shape index (κ2) is 12.4. The highest BCUT2D eigenvalue weighted by atomic mass is 35.5. The molecule has 182 valence electrons. The molecule has 0 bridgehead atoms. The first-order valence-electron chi connectivity index (χ1n) is 10.8. The van der Waals surface area contributed by atoms with Crippen LogP contribution in [0.5, 0.6) is 23.0 Å². The van der Waals surface area contributed by atoms with Gasteiger partial charge >= 0.3 is 5.97 Å². The maximum atomic E-state index is 12.5. The predicted molar refractivity (Wildman–Crippen MR) is 133 cm³/mol. The van der Waals surface area contributed by atoms with Gasteiger partial charge in [-0.3, -0.25) is 4.79 Å². The summed E-state index contributed by atoms with van der Waals surface area (Å²) < 4.78 is 21.8. The second-order valence-corrected chi connectivity index (χ2v) is 7.65. The van der Waals surface area contributed by atoms with Crippen LogP contribution in [0.3, 0.4) is 0 Å². The number of halogens is 1. The zero-order valence-corrected chi connectivity index (χ0v) is 20.2. The highest BCUT2D eigenvalue weighted by Crippen LogP contribution is 2.29. The molecule has 1 amide bonds. The van der Waals surface area contributed by atoms with E-state index in [1.54, 1.807) is 80.8 Å². The SMILES string of the molecule is CCOc1cc(/C=N\NC(=O)[C@@H](C)Oc2cccc(Cl)c2)ccc1OC(=O)c1ccc(OC)cc1. The van der Waals surface area contributed by atoms with Gasteiger partial charge in [-0.25, -0.2) is 10.2 Å². The molecule has 0 aliphatic rings. The highest BCUT2D eigenvalue weighted by Gasteiger charge is 2.15. The first-order chi connectivity index (χ1) is 16.9. The fourth-order valence-corrected chi connectivity index (χ4v) is 3.08. The number of carbonyl (C=O) groups is 2. The van der Waals surface area contributed by atoms with E-state index in [4.69, 9.17) is 30.5 Å². The number of ether oxygens (including phenoxy) is 4. The Morgan fingerprint density at radius 1 is 1.03 bits per heavy atom. The van der Waals surface area contributed by atoms with Crippen LogP contribution in [0.2, 0.25) is 5.02 Å². The summed E-state index contributed by atoms with van der Waals surface area (Å²) in [6, 6.07) is 18.3. The van der Waals surface area contributed by atoms with Crippen LogP contribution in [0.15, 0.2) is 71.8 Å². The van der Waals surface area contributed by atoms with Crippen LogP contribution in [0.4, 0.5) is 0 Å². The number of nitrogens with one attached hydrogen (secondary N) is 1. The number of esters is 1. The molecular formula is C26H25ClN2O6. The van der Waals surface area contributed by atoms with Crippen LogP contribution in [-0.2, 0) is 4.79 Å². The van der Waals surface area contributed by atoms with Gasteiger partial charge in [0.2, 0.25) is 0 Å². The third kappa shape index (κ3) is 7.48. The van der Waals surface area contributed by atoms with Crippen molar-refractivity contribution < 1.29 is 28.5 Å². The largest absolute Gasteiger partial charge is 0.497 e. The van der Waals surface area contributed by atoms with Gasteiger partial charge in [0.25, 0.3) is 5.91 Å². The molecule has 3 rings (SSSR count). The van der Waals surface area contributed by atoms with E-state index in [-0.39, 0.29) is 5.75 Å². The van der Waals surface area contributed by atoms with Crippen molar-refractivity contribution in [1.82, 2.24) is 5.43 Å². The van der Waals surface area contributed by atoms with E-state index in [0.29, 0.717) is 40.0 Å². The molecule has 35 heavy (non-hydrogen) atoms. The van der Waals surface area contributed by atoms with Crippen LogP contribution in [0, 0.1) is 0 Å². The van der Waals surface area contributed by atoms with Gasteiger partial charge in [0, 0.05) is 5.02 Å². The molecule has 0 saturated carbocycles. The summed E-state index contributed by atoms with van der Waals surface area (Å²) in [6.07, 6.45) is 0.658. The van der Waals surface area contributed by atoms with Crippen molar-refractivity contribution in [3.63, 3.8) is 0 Å². The van der Waals surface area contributed by atoms with Crippen molar-refractivity contribution in [2.75, 3.05) is 13.7 Å². The van der Waals surface area contributed by atoms with Crippen molar-refractivity contribution in [3.8, 4) is 23.0 Å². The summed E-state index contributed by atoms with van der Waals surface area (Å²) in [7, 11) is 1.55. The van der Waals surface area contributed by atoms with E-state index >= 15 is 0 Å². The Morgan fingerprint density at radius 3 is 2.49 bits per heavy atom. The van der Waals surface area contributed by atoms with Gasteiger partial charge in [0.05, 0.1) is 25.5 Å². The van der Waals surface area contributed by atoms with Gasteiger partial charge < -0.3 is 18.9 Å². The van der Waals surface area contributed by atoms with Gasteiger partial charge in [-0.15, -0.1) is 0 Å². The van der Waals surface area contributed by atoms with Crippen molar-refractivity contribution >= 4 is 29.7 Å². The van der Waals surface area contributed by atoms with E-state index in [1.807, 2.05) is 6.92 Å². The standard InChI is InChI=1S/C26H25ClN2O6/c1-4-33-24-14-18(8-13-23(24)35-26(31)19-9-11-21(32-3)12-10-19)16-28-29-25(30)17(2)34-22-7-5-6-20(27)15-22/h5-17H,4H2,1-3H3,(H,29,30)/b28-16-/t17-/m1/s1. The Kier molecular flexibility index (Phi) is 9.09. The average molecular weight is 497 g/mol. The zero-order chi connectivity index (χ0) is 25.2. The van der Waals surface area contributed by atoms with Gasteiger partial charge in [0.15, 0.2) is 17.6 Å². The average Bonchev–Trinajstić information content (AvgIpc) is 2.85. The number of hydrazone groups is 1. The number of amides is 1. The number of nitrogens with zero attached hydrogens (tertiary/aromatic N) is 1. The number of carbonyl (C=O) groups excluding carboxylic acids is 2. The number of hydrogen-bond donors (Lipinski definition) is 1. The number of rotatable bonds is 10. The molecule has 0 radical (unpaired) electrons. The highest BCUT2D eigenvalue weighted by molar-refractivity contribution is 6.30. The third-order valence-electron chi connectivity index (χ3n) is 4.66. The molecule has 0 saturated heterocycles. The fourth-order valence-electron chi connectivity index (χ4n) is 2.90. The smallest absolute Gasteiger partial charge is 0.343 e. The van der Waals surface area contributed by atoms with E-state index in [9.17, 15) is 9.59 Å². The molecule has 0 fully saturated rings. The lowest BCUT2D eigenvalue weighted by Gasteiger charge is -2.13. The minimum atomic E-state index is -0.788. The first kappa shape index (κ1) is 25.6. The molecular weight excluding hydrogens is 472 g/mol. The Balaban J connectivity index is 1.62. The predicted octanol–water partition coefficient (Wildman–Crippen LogP) is 4.88. The first-order valence-corrected chi connectivity index (χ1v) is 11.2. The molecule has 0 aromatic heterocycles. The summed E-state index contributed by atoms with van der Waals surface area (Å²) in [5.74, 6) is 0.773. The summed E-state index contributed by atoms with van der Waals surface area (Å²) in [5, 5.41) is 4.48. The van der Waals surface area contributed by atoms with E-state index in [0.717, 1.165) is 0 Å². The molecule has 0 unspecified atom stereocenters. The molecule has 0 heterocycles. The second-order valence-electron chi connectivity index (χ2n) is 7.21. The quantitative estimate of drug-likeness (QED) is 0.186. The van der Waals surface area contributed by atoms with Gasteiger partial charge in [0.1, 0.15) is 11.5 Å². The monoisotopic (exact) mass is 496 g/mol. The number of hydrogen-bond acceptors (Lipinski definition) is 7. The zero-order valence-electron chi connectivity index (χ0n) is 19.5. The van der Waals surface area contributed by atoms with Gasteiger partial charge in [-0.2, -0.15) is 5.10 Å². The van der Waals surface area contributed by atoms with Crippen LogP contribution in [-0.4, -0.2) is 37.9 Å². The molecule has 0 spiro atoms. The van der Waals surface area contributed by atoms with Crippen LogP contribution >= 0.6 is 11.6 Å². The summed E-state index contributed by atoms with van der Waals surface area (Å²) in [5.41, 5.74) is 3.43. The maximum absolute atomic E-state index is 12.5. The van der Waals surface area contributed by atoms with E-state index < -0.39 is 18.0 Å². The molecule has 9 heteroatoms. The summed E-state index contributed by atoms with van der Waals surface area (Å²) in [4.78, 5) is 24.8. The van der Waals surface area contributed by atoms with Crippen molar-refractivity contribution in [3.05, 3.63) is 82.9 Å². The normalized spacial score (nSPS) is 11.5. The number of methoxy groups -OCH3 is 1. The lowest BCUT2D eigenvalue weighted by molar-refractivity contribution is -0.127. The lowest BCUT2D eigenvalue weighted by atomic mass is 10.2. The van der Waals surface area contributed by atoms with Crippen LogP contribution in [0.25, 0.3) is 0 Å². The summed E-state index contributed by atoms with van der Waals surface area (Å²) >= 11 is 5.93. The van der Waals surface area contributed by atoms with Crippen molar-refractivity contribution in [2.45, 2.75) is 20.0 Å². The van der Waals surface area contributed by atoms with E-state index in [1.165, 1.54) is 6.21 Å². The van der Waals surface area contributed by atoms with Crippen molar-refractivity contribution in [2.24, 2.45) is 5.10 Å². The Labute approximate surface area is 208 Å².